The molecule has 1 rings (SSSR count). The van der Waals surface area contributed by atoms with Crippen LogP contribution in [0.2, 0.25) is 0 Å². The van der Waals surface area contributed by atoms with E-state index in [1.807, 2.05) is 0 Å². The third-order valence-electron chi connectivity index (χ3n) is 3.74. The molecular formula is C18H23FN2O5. The van der Waals surface area contributed by atoms with Crippen molar-refractivity contribution < 1.29 is 28.7 Å². The van der Waals surface area contributed by atoms with Gasteiger partial charge in [0.1, 0.15) is 23.7 Å². The van der Waals surface area contributed by atoms with Crippen LogP contribution in [-0.4, -0.2) is 40.8 Å². The van der Waals surface area contributed by atoms with Gasteiger partial charge in [0.05, 0.1) is 0 Å². The Morgan fingerprint density at radius 2 is 1.85 bits per heavy atom. The number of hydrogen-bond donors (Lipinski definition) is 3. The molecule has 8 heteroatoms. The molecule has 0 fully saturated rings. The van der Waals surface area contributed by atoms with Gasteiger partial charge in [-0.2, -0.15) is 0 Å². The van der Waals surface area contributed by atoms with Gasteiger partial charge in [0, 0.05) is 26.2 Å². The summed E-state index contributed by atoms with van der Waals surface area (Å²) in [5.74, 6) is -3.04. The van der Waals surface area contributed by atoms with Crippen LogP contribution in [0.25, 0.3) is 0 Å². The highest BCUT2D eigenvalue weighted by Crippen LogP contribution is 2.08. The maximum atomic E-state index is 13.3. The van der Waals surface area contributed by atoms with Crippen molar-refractivity contribution in [2.24, 2.45) is 0 Å². The summed E-state index contributed by atoms with van der Waals surface area (Å²) in [6.45, 7) is 2.89. The third kappa shape index (κ3) is 7.42. The number of benzene rings is 1. The van der Waals surface area contributed by atoms with Gasteiger partial charge >= 0.3 is 5.97 Å². The van der Waals surface area contributed by atoms with Crippen LogP contribution < -0.4 is 10.6 Å². The van der Waals surface area contributed by atoms with Gasteiger partial charge in [-0.05, 0) is 24.1 Å². The molecule has 0 aromatic heterocycles. The van der Waals surface area contributed by atoms with Gasteiger partial charge in [-0.25, -0.2) is 9.18 Å². The molecule has 1 aromatic carbocycles. The Balaban J connectivity index is 2.83. The zero-order valence-electron chi connectivity index (χ0n) is 14.8. The minimum absolute atomic E-state index is 0.00338. The molecule has 0 spiro atoms. The minimum Gasteiger partial charge on any atom is -0.480 e. The van der Waals surface area contributed by atoms with E-state index in [1.165, 1.54) is 25.1 Å². The summed E-state index contributed by atoms with van der Waals surface area (Å²) in [6, 6.07) is 3.25. The summed E-state index contributed by atoms with van der Waals surface area (Å²) >= 11 is 0. The van der Waals surface area contributed by atoms with Gasteiger partial charge in [0.25, 0.3) is 0 Å². The van der Waals surface area contributed by atoms with Gasteiger partial charge in [0.15, 0.2) is 0 Å². The number of ketones is 1. The van der Waals surface area contributed by atoms with Gasteiger partial charge in [-0.1, -0.05) is 19.1 Å². The number of hydrogen-bond acceptors (Lipinski definition) is 4. The fourth-order valence-corrected chi connectivity index (χ4v) is 2.37. The predicted octanol–water partition coefficient (Wildman–Crippen LogP) is 1.20. The third-order valence-corrected chi connectivity index (χ3v) is 3.74. The molecule has 0 aliphatic rings. The molecule has 7 nitrogen and oxygen atoms in total. The Kier molecular flexibility index (Phi) is 8.41. The van der Waals surface area contributed by atoms with Crippen LogP contribution >= 0.6 is 0 Å². The molecule has 1 aromatic rings. The molecule has 0 saturated carbocycles. The second kappa shape index (κ2) is 10.3. The Labute approximate surface area is 151 Å². The zero-order valence-corrected chi connectivity index (χ0v) is 14.8. The maximum Gasteiger partial charge on any atom is 0.326 e. The standard InChI is InChI=1S/C18H23FN2O5/c1-3-14(23)7-8-15(18(25)26)21-17(24)16(20-11(2)22)10-12-5-4-6-13(19)9-12/h4-6,9,15-16H,3,7-8,10H2,1-2H3,(H,20,22)(H,21,24)(H,25,26)/t15-,16+/m0/s1. The maximum absolute atomic E-state index is 13.3. The number of carboxylic acids is 1. The average Bonchev–Trinajstić information content (AvgIpc) is 2.56. The number of amides is 2. The van der Waals surface area contributed by atoms with Crippen LogP contribution in [0.4, 0.5) is 4.39 Å². The summed E-state index contributed by atoms with van der Waals surface area (Å²) in [7, 11) is 0. The molecule has 0 saturated heterocycles. The normalized spacial score (nSPS) is 12.7. The van der Waals surface area contributed by atoms with Crippen molar-refractivity contribution >= 4 is 23.6 Å². The molecule has 0 bridgehead atoms. The van der Waals surface area contributed by atoms with E-state index in [-0.39, 0.29) is 31.5 Å². The molecule has 142 valence electrons. The number of carbonyl (C=O) groups excluding carboxylic acids is 3. The Morgan fingerprint density at radius 1 is 1.15 bits per heavy atom. The minimum atomic E-state index is -1.27. The van der Waals surface area contributed by atoms with E-state index in [1.54, 1.807) is 13.0 Å². The molecule has 0 heterocycles. The van der Waals surface area contributed by atoms with Crippen molar-refractivity contribution in [3.05, 3.63) is 35.6 Å². The second-order valence-corrected chi connectivity index (χ2v) is 5.92. The number of halogens is 1. The number of carboxylic acid groups (broad SMARTS) is 1. The molecule has 0 radical (unpaired) electrons. The number of rotatable bonds is 10. The number of carbonyl (C=O) groups is 4. The van der Waals surface area contributed by atoms with Crippen molar-refractivity contribution in [3.63, 3.8) is 0 Å². The fourth-order valence-electron chi connectivity index (χ4n) is 2.37. The van der Waals surface area contributed by atoms with Gasteiger partial charge < -0.3 is 15.7 Å². The number of nitrogens with one attached hydrogen (secondary N) is 2. The molecule has 3 N–H and O–H groups in total. The lowest BCUT2D eigenvalue weighted by Crippen LogP contribution is -2.52. The predicted molar refractivity (Wildman–Crippen MR) is 91.8 cm³/mol. The molecule has 26 heavy (non-hydrogen) atoms. The van der Waals surface area contributed by atoms with Crippen LogP contribution in [0.1, 0.15) is 38.7 Å². The van der Waals surface area contributed by atoms with Crippen molar-refractivity contribution in [2.45, 2.75) is 51.6 Å². The Morgan fingerprint density at radius 3 is 2.38 bits per heavy atom. The first-order valence-corrected chi connectivity index (χ1v) is 8.29. The zero-order chi connectivity index (χ0) is 19.7. The van der Waals surface area contributed by atoms with Crippen molar-refractivity contribution in [1.29, 1.82) is 0 Å². The molecule has 0 unspecified atom stereocenters. The first kappa shape index (κ1) is 21.3. The quantitative estimate of drug-likeness (QED) is 0.576. The lowest BCUT2D eigenvalue weighted by molar-refractivity contribution is -0.142. The van der Waals surface area contributed by atoms with Crippen LogP contribution in [0, 0.1) is 5.82 Å². The van der Waals surface area contributed by atoms with E-state index in [4.69, 9.17) is 0 Å². The van der Waals surface area contributed by atoms with Crippen LogP contribution in [0.3, 0.4) is 0 Å². The smallest absolute Gasteiger partial charge is 0.326 e. The summed E-state index contributed by atoms with van der Waals surface area (Å²) in [5.41, 5.74) is 0.479. The summed E-state index contributed by atoms with van der Waals surface area (Å²) in [6.07, 6.45) is 0.278. The van der Waals surface area contributed by atoms with E-state index in [0.717, 1.165) is 0 Å². The van der Waals surface area contributed by atoms with Crippen LogP contribution in [-0.2, 0) is 25.6 Å². The number of aliphatic carboxylic acids is 1. The monoisotopic (exact) mass is 366 g/mol. The van der Waals surface area contributed by atoms with Crippen LogP contribution in [0.15, 0.2) is 24.3 Å². The van der Waals surface area contributed by atoms with Gasteiger partial charge in [0.2, 0.25) is 11.8 Å². The molecule has 2 amide bonds. The summed E-state index contributed by atoms with van der Waals surface area (Å²) in [5, 5.41) is 14.0. The highest BCUT2D eigenvalue weighted by atomic mass is 19.1. The molecule has 0 aliphatic carbocycles. The average molecular weight is 366 g/mol. The first-order valence-electron chi connectivity index (χ1n) is 8.29. The van der Waals surface area contributed by atoms with Crippen molar-refractivity contribution in [1.82, 2.24) is 10.6 Å². The SMILES string of the molecule is CCC(=O)CC[C@H](NC(=O)[C@@H](Cc1cccc(F)c1)NC(C)=O)C(=O)O. The lowest BCUT2D eigenvalue weighted by Gasteiger charge is -2.21. The number of Topliss-reactive ketones (excluding diaryl/α,β-unsaturated/α-hetero) is 1. The topological polar surface area (TPSA) is 113 Å². The van der Waals surface area contributed by atoms with Gasteiger partial charge in [-0.15, -0.1) is 0 Å². The van der Waals surface area contributed by atoms with E-state index < -0.39 is 35.7 Å². The highest BCUT2D eigenvalue weighted by Gasteiger charge is 2.26. The summed E-state index contributed by atoms with van der Waals surface area (Å²) < 4.78 is 13.3. The fraction of sp³-hybridized carbons (Fsp3) is 0.444. The molecule has 0 aliphatic heterocycles. The van der Waals surface area contributed by atoms with E-state index in [0.29, 0.717) is 5.56 Å². The Hall–Kier alpha value is -2.77. The second-order valence-electron chi connectivity index (χ2n) is 5.92. The molecule has 2 atom stereocenters. The van der Waals surface area contributed by atoms with Crippen molar-refractivity contribution in [3.8, 4) is 0 Å². The largest absolute Gasteiger partial charge is 0.480 e. The van der Waals surface area contributed by atoms with E-state index in [2.05, 4.69) is 10.6 Å². The lowest BCUT2D eigenvalue weighted by atomic mass is 10.0. The van der Waals surface area contributed by atoms with E-state index >= 15 is 0 Å². The highest BCUT2D eigenvalue weighted by molar-refractivity contribution is 5.90. The summed E-state index contributed by atoms with van der Waals surface area (Å²) in [4.78, 5) is 46.5. The van der Waals surface area contributed by atoms with Crippen LogP contribution in [0.5, 0.6) is 0 Å². The van der Waals surface area contributed by atoms with Crippen molar-refractivity contribution in [2.75, 3.05) is 0 Å². The Bertz CT molecular complexity index is 677. The first-order chi connectivity index (χ1) is 12.2. The van der Waals surface area contributed by atoms with E-state index in [9.17, 15) is 28.7 Å². The molecular weight excluding hydrogens is 343 g/mol. The van der Waals surface area contributed by atoms with Gasteiger partial charge in [-0.3, -0.25) is 14.4 Å².